The lowest BCUT2D eigenvalue weighted by molar-refractivity contribution is -0.0512. The Morgan fingerprint density at radius 1 is 1.24 bits per heavy atom. The largest absolute Gasteiger partial charge is 0.493 e. The molecule has 0 saturated heterocycles. The lowest BCUT2D eigenvalue weighted by Gasteiger charge is -2.12. The zero-order valence-corrected chi connectivity index (χ0v) is 18.3. The van der Waals surface area contributed by atoms with Gasteiger partial charge in [0.2, 0.25) is 0 Å². The number of carbonyl (C=O) groups excluding carboxylic acids is 1. The van der Waals surface area contributed by atoms with Crippen molar-refractivity contribution in [2.24, 2.45) is 7.05 Å². The number of amides is 1. The van der Waals surface area contributed by atoms with Gasteiger partial charge in [0.1, 0.15) is 5.69 Å². The van der Waals surface area contributed by atoms with Crippen LogP contribution in [0.1, 0.15) is 21.6 Å². The molecule has 0 atom stereocenters. The highest BCUT2D eigenvalue weighted by atomic mass is 19.3. The number of hydrogen-bond donors (Lipinski definition) is 1. The fourth-order valence-corrected chi connectivity index (χ4v) is 3.65. The number of benzene rings is 1. The average molecular weight is 456 g/mol. The number of nitrogens with one attached hydrogen (secondary N) is 1. The van der Waals surface area contributed by atoms with Crippen molar-refractivity contribution in [1.82, 2.24) is 20.1 Å². The van der Waals surface area contributed by atoms with E-state index in [0.29, 0.717) is 45.7 Å². The highest BCUT2D eigenvalue weighted by Gasteiger charge is 2.20. The van der Waals surface area contributed by atoms with E-state index in [4.69, 9.17) is 9.15 Å². The maximum absolute atomic E-state index is 13.1. The van der Waals surface area contributed by atoms with Crippen LogP contribution in [0.25, 0.3) is 22.5 Å². The van der Waals surface area contributed by atoms with Crippen LogP contribution in [0.5, 0.6) is 11.5 Å². The third-order valence-electron chi connectivity index (χ3n) is 5.13. The molecule has 0 aliphatic heterocycles. The first-order valence-electron chi connectivity index (χ1n) is 10.2. The van der Waals surface area contributed by atoms with E-state index in [1.807, 2.05) is 6.92 Å². The number of pyridine rings is 1. The Morgan fingerprint density at radius 3 is 2.76 bits per heavy atom. The summed E-state index contributed by atoms with van der Waals surface area (Å²) in [5.74, 6) is 0.388. The summed E-state index contributed by atoms with van der Waals surface area (Å²) in [6, 6.07) is 9.94. The number of methoxy groups -OCH3 is 1. The van der Waals surface area contributed by atoms with Crippen molar-refractivity contribution >= 4 is 16.9 Å². The summed E-state index contributed by atoms with van der Waals surface area (Å²) in [7, 11) is 3.14. The monoisotopic (exact) mass is 456 g/mol. The van der Waals surface area contributed by atoms with Gasteiger partial charge in [-0.2, -0.15) is 13.9 Å². The van der Waals surface area contributed by atoms with Gasteiger partial charge in [0.25, 0.3) is 5.91 Å². The second kappa shape index (κ2) is 9.27. The van der Waals surface area contributed by atoms with Gasteiger partial charge in [0.15, 0.2) is 22.9 Å². The van der Waals surface area contributed by atoms with E-state index in [9.17, 15) is 13.6 Å². The predicted molar refractivity (Wildman–Crippen MR) is 117 cm³/mol. The van der Waals surface area contributed by atoms with Crippen molar-refractivity contribution in [2.75, 3.05) is 13.7 Å². The van der Waals surface area contributed by atoms with Crippen LogP contribution in [0.15, 0.2) is 47.1 Å². The van der Waals surface area contributed by atoms with Crippen molar-refractivity contribution in [3.63, 3.8) is 0 Å². The van der Waals surface area contributed by atoms with Gasteiger partial charge in [-0.05, 0) is 49.2 Å². The van der Waals surface area contributed by atoms with Gasteiger partial charge in [-0.15, -0.1) is 0 Å². The standard InChI is InChI=1S/C23H22F2N4O4/c1-13-20-15(12-16(17-5-4-10-32-17)27-21(20)29(2)28-13)22(30)26-9-8-14-6-7-18(31-3)19(11-14)33-23(24)25/h4-7,10-12,23H,8-9H2,1-3H3,(H,26,30). The number of alkyl halides is 2. The number of furan rings is 1. The van der Waals surface area contributed by atoms with Crippen molar-refractivity contribution < 1.29 is 27.5 Å². The SMILES string of the molecule is COc1ccc(CCNC(=O)c2cc(-c3ccco3)nc3c2c(C)nn3C)cc1OC(F)F. The zero-order chi connectivity index (χ0) is 23.5. The van der Waals surface area contributed by atoms with Gasteiger partial charge in [-0.3, -0.25) is 9.48 Å². The van der Waals surface area contributed by atoms with Crippen molar-refractivity contribution in [2.45, 2.75) is 20.0 Å². The number of carbonyl (C=O) groups is 1. The third-order valence-corrected chi connectivity index (χ3v) is 5.13. The van der Waals surface area contributed by atoms with E-state index < -0.39 is 6.61 Å². The van der Waals surface area contributed by atoms with E-state index in [1.54, 1.807) is 42.1 Å². The molecular weight excluding hydrogens is 434 g/mol. The minimum atomic E-state index is -2.96. The zero-order valence-electron chi connectivity index (χ0n) is 18.3. The molecule has 3 heterocycles. The molecule has 1 amide bonds. The molecule has 4 aromatic rings. The lowest BCUT2D eigenvalue weighted by Crippen LogP contribution is -2.26. The van der Waals surface area contributed by atoms with Gasteiger partial charge in [0.05, 0.1) is 30.0 Å². The lowest BCUT2D eigenvalue weighted by atomic mass is 10.1. The molecule has 0 bridgehead atoms. The molecule has 3 aromatic heterocycles. The van der Waals surface area contributed by atoms with Crippen molar-refractivity contribution in [3.8, 4) is 23.0 Å². The maximum Gasteiger partial charge on any atom is 0.387 e. The summed E-state index contributed by atoms with van der Waals surface area (Å²) in [5, 5.41) is 7.93. The molecule has 172 valence electrons. The molecule has 0 aliphatic carbocycles. The molecule has 33 heavy (non-hydrogen) atoms. The molecule has 1 N–H and O–H groups in total. The summed E-state index contributed by atoms with van der Waals surface area (Å²) in [5.41, 5.74) is 2.90. The van der Waals surface area contributed by atoms with E-state index in [1.165, 1.54) is 19.4 Å². The number of aromatic nitrogens is 3. The summed E-state index contributed by atoms with van der Waals surface area (Å²) in [4.78, 5) is 17.7. The van der Waals surface area contributed by atoms with E-state index in [0.717, 1.165) is 0 Å². The summed E-state index contributed by atoms with van der Waals surface area (Å²) < 4.78 is 41.9. The summed E-state index contributed by atoms with van der Waals surface area (Å²) in [6.45, 7) is -0.873. The molecule has 8 nitrogen and oxygen atoms in total. The molecule has 1 aromatic carbocycles. The molecule has 10 heteroatoms. The fraction of sp³-hybridized carbons (Fsp3) is 0.261. The topological polar surface area (TPSA) is 91.4 Å². The Labute approximate surface area is 188 Å². The molecule has 0 spiro atoms. The number of halogens is 2. The first-order chi connectivity index (χ1) is 15.9. The fourth-order valence-electron chi connectivity index (χ4n) is 3.65. The van der Waals surface area contributed by atoms with Crippen LogP contribution < -0.4 is 14.8 Å². The van der Waals surface area contributed by atoms with Gasteiger partial charge in [-0.1, -0.05) is 6.07 Å². The van der Waals surface area contributed by atoms with Crippen LogP contribution in [0.2, 0.25) is 0 Å². The molecular formula is C23H22F2N4O4. The molecule has 0 radical (unpaired) electrons. The predicted octanol–water partition coefficient (Wildman–Crippen LogP) is 4.12. The molecule has 0 fully saturated rings. The van der Waals surface area contributed by atoms with Crippen LogP contribution in [0, 0.1) is 6.92 Å². The number of hydrogen-bond acceptors (Lipinski definition) is 6. The van der Waals surface area contributed by atoms with Gasteiger partial charge >= 0.3 is 6.61 Å². The van der Waals surface area contributed by atoms with Crippen molar-refractivity contribution in [1.29, 1.82) is 0 Å². The van der Waals surface area contributed by atoms with E-state index in [-0.39, 0.29) is 24.0 Å². The maximum atomic E-state index is 13.1. The van der Waals surface area contributed by atoms with Crippen LogP contribution in [-0.2, 0) is 13.5 Å². The minimum absolute atomic E-state index is 0.0544. The Morgan fingerprint density at radius 2 is 2.06 bits per heavy atom. The highest BCUT2D eigenvalue weighted by Crippen LogP contribution is 2.30. The second-order valence-corrected chi connectivity index (χ2v) is 7.31. The number of aryl methyl sites for hydroxylation is 2. The van der Waals surface area contributed by atoms with Gasteiger partial charge in [0, 0.05) is 13.6 Å². The molecule has 0 aliphatic rings. The third kappa shape index (κ3) is 4.64. The average Bonchev–Trinajstić information content (AvgIpc) is 3.41. The van der Waals surface area contributed by atoms with Crippen molar-refractivity contribution in [3.05, 3.63) is 59.5 Å². The minimum Gasteiger partial charge on any atom is -0.493 e. The Hall–Kier alpha value is -3.95. The Balaban J connectivity index is 1.55. The summed E-state index contributed by atoms with van der Waals surface area (Å²) in [6.07, 6.45) is 1.94. The number of fused-ring (bicyclic) bond motifs is 1. The summed E-state index contributed by atoms with van der Waals surface area (Å²) >= 11 is 0. The van der Waals surface area contributed by atoms with Gasteiger partial charge < -0.3 is 19.2 Å². The molecule has 0 unspecified atom stereocenters. The number of rotatable bonds is 8. The number of ether oxygens (including phenoxy) is 2. The molecule has 0 saturated carbocycles. The van der Waals surface area contributed by atoms with Crippen LogP contribution in [0.4, 0.5) is 8.78 Å². The highest BCUT2D eigenvalue weighted by molar-refractivity contribution is 6.07. The van der Waals surface area contributed by atoms with Crippen LogP contribution >= 0.6 is 0 Å². The smallest absolute Gasteiger partial charge is 0.387 e. The normalized spacial score (nSPS) is 11.2. The molecule has 4 rings (SSSR count). The van der Waals surface area contributed by atoms with Crippen LogP contribution in [0.3, 0.4) is 0 Å². The Kier molecular flexibility index (Phi) is 6.25. The quantitative estimate of drug-likeness (QED) is 0.429. The van der Waals surface area contributed by atoms with E-state index in [2.05, 4.69) is 20.1 Å². The first kappa shape index (κ1) is 22.3. The van der Waals surface area contributed by atoms with Crippen LogP contribution in [-0.4, -0.2) is 40.9 Å². The Bertz CT molecular complexity index is 1290. The number of nitrogens with zero attached hydrogens (tertiary/aromatic N) is 3. The van der Waals surface area contributed by atoms with Gasteiger partial charge in [-0.25, -0.2) is 4.98 Å². The first-order valence-corrected chi connectivity index (χ1v) is 10.2. The second-order valence-electron chi connectivity index (χ2n) is 7.31. The van der Waals surface area contributed by atoms with E-state index >= 15 is 0 Å².